The Labute approximate surface area is 136 Å². The van der Waals surface area contributed by atoms with Crippen molar-refractivity contribution in [3.05, 3.63) is 20.7 Å². The molecular weight excluding hydrogens is 298 g/mol. The van der Waals surface area contributed by atoms with Crippen LogP contribution in [0.25, 0.3) is 0 Å². The van der Waals surface area contributed by atoms with Gasteiger partial charge in [-0.05, 0) is 50.2 Å². The number of nitrogens with one attached hydrogen (secondary N) is 1. The Bertz CT molecular complexity index is 684. The van der Waals surface area contributed by atoms with E-state index in [1.54, 1.807) is 4.57 Å². The van der Waals surface area contributed by atoms with Crippen molar-refractivity contribution in [3.8, 4) is 5.88 Å². The van der Waals surface area contributed by atoms with Gasteiger partial charge >= 0.3 is 0 Å². The Morgan fingerprint density at radius 3 is 2.59 bits per heavy atom. The molecule has 1 aliphatic rings. The Balaban J connectivity index is 2.52. The molecule has 22 heavy (non-hydrogen) atoms. The van der Waals surface area contributed by atoms with Gasteiger partial charge in [0.2, 0.25) is 5.88 Å². The standard InChI is InChI=1S/C16H25N3O2S/c1-5-12(17-10(4)11-6-7-11)13-14(20)18-16(22)19(15(13)21)8-9(2)3/h9-11,21H,5-8H2,1-4H3,(H,18,20,22)/t10-/m1/s1. The molecule has 0 aromatic carbocycles. The highest BCUT2D eigenvalue weighted by molar-refractivity contribution is 7.71. The molecule has 1 fully saturated rings. The summed E-state index contributed by atoms with van der Waals surface area (Å²) in [6.07, 6.45) is 3.00. The molecule has 1 aromatic rings. The first-order valence-electron chi connectivity index (χ1n) is 7.98. The molecule has 0 radical (unpaired) electrons. The third-order valence-corrected chi connectivity index (χ3v) is 4.33. The van der Waals surface area contributed by atoms with Gasteiger partial charge in [-0.3, -0.25) is 19.3 Å². The normalized spacial score (nSPS) is 17.0. The van der Waals surface area contributed by atoms with E-state index < -0.39 is 0 Å². The van der Waals surface area contributed by atoms with Crippen molar-refractivity contribution < 1.29 is 5.11 Å². The summed E-state index contributed by atoms with van der Waals surface area (Å²) < 4.78 is 1.84. The van der Waals surface area contributed by atoms with Crippen LogP contribution < -0.4 is 5.56 Å². The van der Waals surface area contributed by atoms with Crippen LogP contribution in [0.1, 0.15) is 52.5 Å². The van der Waals surface area contributed by atoms with Crippen molar-refractivity contribution in [2.45, 2.75) is 59.5 Å². The van der Waals surface area contributed by atoms with Gasteiger partial charge in [-0.15, -0.1) is 0 Å². The molecule has 2 rings (SSSR count). The van der Waals surface area contributed by atoms with Crippen molar-refractivity contribution in [2.24, 2.45) is 16.8 Å². The topological polar surface area (TPSA) is 70.4 Å². The zero-order valence-corrected chi connectivity index (χ0v) is 14.5. The van der Waals surface area contributed by atoms with Gasteiger partial charge in [0.25, 0.3) is 5.56 Å². The number of aliphatic imine (C=N–C) groups is 1. The van der Waals surface area contributed by atoms with Gasteiger partial charge in [0, 0.05) is 6.54 Å². The van der Waals surface area contributed by atoms with Crippen LogP contribution >= 0.6 is 12.2 Å². The first-order valence-corrected chi connectivity index (χ1v) is 8.39. The summed E-state index contributed by atoms with van der Waals surface area (Å²) in [6, 6.07) is 0.190. The quantitative estimate of drug-likeness (QED) is 0.623. The number of aromatic amines is 1. The summed E-state index contributed by atoms with van der Waals surface area (Å²) in [5.41, 5.74) is 0.570. The fraction of sp³-hybridized carbons (Fsp3) is 0.688. The summed E-state index contributed by atoms with van der Waals surface area (Å²) in [6.45, 7) is 8.66. The van der Waals surface area contributed by atoms with Crippen molar-refractivity contribution in [3.63, 3.8) is 0 Å². The van der Waals surface area contributed by atoms with Gasteiger partial charge in [-0.1, -0.05) is 20.8 Å². The van der Waals surface area contributed by atoms with E-state index in [-0.39, 0.29) is 27.8 Å². The number of H-pyrrole nitrogens is 1. The van der Waals surface area contributed by atoms with Gasteiger partial charge < -0.3 is 5.11 Å². The predicted octanol–water partition coefficient (Wildman–Crippen LogP) is 3.27. The van der Waals surface area contributed by atoms with Crippen molar-refractivity contribution >= 4 is 17.9 Å². The third kappa shape index (κ3) is 3.66. The molecule has 0 bridgehead atoms. The summed E-state index contributed by atoms with van der Waals surface area (Å²) in [7, 11) is 0. The third-order valence-electron chi connectivity index (χ3n) is 4.01. The second-order valence-electron chi connectivity index (χ2n) is 6.47. The molecule has 1 aromatic heterocycles. The minimum atomic E-state index is -0.355. The average Bonchev–Trinajstić information content (AvgIpc) is 3.26. The SMILES string of the molecule is CCC(=N[C@H](C)C1CC1)c1c(O)n(CC(C)C)c(=S)[nH]c1=O. The van der Waals surface area contributed by atoms with Crippen LogP contribution in [-0.2, 0) is 6.54 Å². The zero-order chi connectivity index (χ0) is 16.4. The van der Waals surface area contributed by atoms with Crippen molar-refractivity contribution in [2.75, 3.05) is 0 Å². The number of hydrogen-bond donors (Lipinski definition) is 2. The van der Waals surface area contributed by atoms with E-state index in [1.165, 1.54) is 12.8 Å². The van der Waals surface area contributed by atoms with Crippen LogP contribution in [0, 0.1) is 16.6 Å². The number of aromatic hydroxyl groups is 1. The lowest BCUT2D eigenvalue weighted by Gasteiger charge is -2.16. The lowest BCUT2D eigenvalue weighted by atomic mass is 10.1. The molecule has 1 saturated carbocycles. The zero-order valence-electron chi connectivity index (χ0n) is 13.7. The second-order valence-corrected chi connectivity index (χ2v) is 6.86. The van der Waals surface area contributed by atoms with E-state index in [0.29, 0.717) is 30.5 Å². The first-order chi connectivity index (χ1) is 10.3. The molecule has 122 valence electrons. The highest BCUT2D eigenvalue weighted by Gasteiger charge is 2.28. The number of nitrogens with zero attached hydrogens (tertiary/aromatic N) is 2. The molecule has 0 unspecified atom stereocenters. The molecule has 0 spiro atoms. The predicted molar refractivity (Wildman–Crippen MR) is 91.4 cm³/mol. The smallest absolute Gasteiger partial charge is 0.264 e. The molecule has 0 aliphatic heterocycles. The van der Waals surface area contributed by atoms with E-state index in [9.17, 15) is 9.90 Å². The monoisotopic (exact) mass is 323 g/mol. The molecule has 5 nitrogen and oxygen atoms in total. The maximum absolute atomic E-state index is 12.3. The molecule has 0 saturated heterocycles. The minimum Gasteiger partial charge on any atom is -0.494 e. The van der Waals surface area contributed by atoms with Crippen LogP contribution in [0.5, 0.6) is 5.88 Å². The largest absolute Gasteiger partial charge is 0.494 e. The van der Waals surface area contributed by atoms with Crippen molar-refractivity contribution in [1.82, 2.24) is 9.55 Å². The van der Waals surface area contributed by atoms with Gasteiger partial charge in [0.15, 0.2) is 4.77 Å². The number of aromatic nitrogens is 2. The Kier molecular flexibility index (Phi) is 5.21. The highest BCUT2D eigenvalue weighted by Crippen LogP contribution is 2.34. The van der Waals surface area contributed by atoms with E-state index in [0.717, 1.165) is 0 Å². The maximum Gasteiger partial charge on any atom is 0.264 e. The summed E-state index contributed by atoms with van der Waals surface area (Å²) in [5.74, 6) is 0.860. The van der Waals surface area contributed by atoms with Crippen molar-refractivity contribution in [1.29, 1.82) is 0 Å². The maximum atomic E-state index is 12.3. The molecule has 0 amide bonds. The Hall–Kier alpha value is -1.43. The minimum absolute atomic E-state index is 0.0638. The van der Waals surface area contributed by atoms with Crippen LogP contribution in [0.4, 0.5) is 0 Å². The average molecular weight is 323 g/mol. The number of rotatable bonds is 6. The highest BCUT2D eigenvalue weighted by atomic mass is 32.1. The molecule has 1 atom stereocenters. The fourth-order valence-corrected chi connectivity index (χ4v) is 2.87. The van der Waals surface area contributed by atoms with Gasteiger partial charge in [0.1, 0.15) is 5.56 Å². The van der Waals surface area contributed by atoms with Crippen LogP contribution in [0.15, 0.2) is 9.79 Å². The van der Waals surface area contributed by atoms with E-state index in [1.807, 2.05) is 20.8 Å². The Morgan fingerprint density at radius 1 is 1.45 bits per heavy atom. The van der Waals surface area contributed by atoms with Crippen LogP contribution in [-0.4, -0.2) is 26.4 Å². The molecule has 1 aliphatic carbocycles. The summed E-state index contributed by atoms with van der Waals surface area (Å²) in [4.78, 5) is 19.6. The van der Waals surface area contributed by atoms with Crippen LogP contribution in [0.3, 0.4) is 0 Å². The molecule has 1 heterocycles. The van der Waals surface area contributed by atoms with Crippen LogP contribution in [0.2, 0.25) is 0 Å². The Morgan fingerprint density at radius 2 is 2.09 bits per heavy atom. The molecular formula is C16H25N3O2S. The van der Waals surface area contributed by atoms with E-state index in [4.69, 9.17) is 12.2 Å². The summed E-state index contributed by atoms with van der Waals surface area (Å²) >= 11 is 5.17. The summed E-state index contributed by atoms with van der Waals surface area (Å²) in [5, 5.41) is 10.6. The fourth-order valence-electron chi connectivity index (χ4n) is 2.62. The number of hydrogen-bond acceptors (Lipinski definition) is 4. The van der Waals surface area contributed by atoms with Gasteiger partial charge in [0.05, 0.1) is 11.8 Å². The van der Waals surface area contributed by atoms with E-state index >= 15 is 0 Å². The lowest BCUT2D eigenvalue weighted by Crippen LogP contribution is -2.24. The van der Waals surface area contributed by atoms with E-state index in [2.05, 4.69) is 16.9 Å². The van der Waals surface area contributed by atoms with Gasteiger partial charge in [-0.2, -0.15) is 0 Å². The second kappa shape index (κ2) is 6.77. The first kappa shape index (κ1) is 16.9. The molecule has 2 N–H and O–H groups in total. The van der Waals surface area contributed by atoms with Gasteiger partial charge in [-0.25, -0.2) is 0 Å². The lowest BCUT2D eigenvalue weighted by molar-refractivity contribution is 0.379. The molecule has 6 heteroatoms.